The number of carbonyl (C=O) groups is 1. The van der Waals surface area contributed by atoms with Crippen LogP contribution in [-0.4, -0.2) is 45.9 Å². The van der Waals surface area contributed by atoms with E-state index >= 15 is 0 Å². The summed E-state index contributed by atoms with van der Waals surface area (Å²) >= 11 is 0. The van der Waals surface area contributed by atoms with Crippen LogP contribution in [0.25, 0.3) is 0 Å². The van der Waals surface area contributed by atoms with Crippen molar-refractivity contribution in [1.82, 2.24) is 20.2 Å². The number of nitrogens with one attached hydrogen (secondary N) is 3. The summed E-state index contributed by atoms with van der Waals surface area (Å²) in [5.74, 6) is 1.88. The minimum absolute atomic E-state index is 0.0278. The molecule has 2 aliphatic heterocycles. The van der Waals surface area contributed by atoms with E-state index in [4.69, 9.17) is 9.47 Å². The Bertz CT molecular complexity index is 825. The molecule has 9 heteroatoms. The van der Waals surface area contributed by atoms with Crippen molar-refractivity contribution < 1.29 is 14.3 Å². The van der Waals surface area contributed by atoms with Crippen LogP contribution in [0.4, 0.5) is 17.5 Å². The van der Waals surface area contributed by atoms with Crippen LogP contribution < -0.4 is 15.4 Å². The standard InChI is InChI=1S/C16H18N6O3/c23-14-16(2-3-16)10-5-17-15(21-12(10)20-14)19-11-6-18-22-13(11)25-8-9-1-4-24-7-9/h5-6,9H,1-4,7-8H2,(H,18,22)(H2,17,19,20,21,23)/t9-/m1/s1. The second-order valence-electron chi connectivity index (χ2n) is 6.76. The quantitative estimate of drug-likeness (QED) is 0.751. The second-order valence-corrected chi connectivity index (χ2v) is 6.76. The molecule has 1 saturated heterocycles. The van der Waals surface area contributed by atoms with E-state index in [-0.39, 0.29) is 11.3 Å². The molecule has 3 N–H and O–H groups in total. The van der Waals surface area contributed by atoms with Gasteiger partial charge in [0.05, 0.1) is 18.6 Å². The molecular weight excluding hydrogens is 324 g/mol. The summed E-state index contributed by atoms with van der Waals surface area (Å²) in [5.41, 5.74) is 1.18. The number of amides is 1. The van der Waals surface area contributed by atoms with Crippen LogP contribution in [-0.2, 0) is 14.9 Å². The second kappa shape index (κ2) is 5.41. The Morgan fingerprint density at radius 3 is 3.16 bits per heavy atom. The van der Waals surface area contributed by atoms with Crippen molar-refractivity contribution in [3.63, 3.8) is 0 Å². The third-order valence-corrected chi connectivity index (χ3v) is 5.05. The summed E-state index contributed by atoms with van der Waals surface area (Å²) in [6.45, 7) is 2.07. The molecule has 0 radical (unpaired) electrons. The molecule has 2 aromatic rings. The van der Waals surface area contributed by atoms with E-state index in [1.165, 1.54) is 0 Å². The first kappa shape index (κ1) is 14.6. The molecule has 1 saturated carbocycles. The van der Waals surface area contributed by atoms with E-state index in [9.17, 15) is 4.79 Å². The van der Waals surface area contributed by atoms with E-state index < -0.39 is 0 Å². The number of fused-ring (bicyclic) bond motifs is 2. The molecule has 0 bridgehead atoms. The van der Waals surface area contributed by atoms with Crippen LogP contribution in [0.3, 0.4) is 0 Å². The molecule has 3 aliphatic rings. The Hall–Kier alpha value is -2.68. The van der Waals surface area contributed by atoms with Crippen molar-refractivity contribution in [3.8, 4) is 5.88 Å². The molecule has 25 heavy (non-hydrogen) atoms. The monoisotopic (exact) mass is 342 g/mol. The predicted molar refractivity (Wildman–Crippen MR) is 87.9 cm³/mol. The summed E-state index contributed by atoms with van der Waals surface area (Å²) in [6, 6.07) is 0. The van der Waals surface area contributed by atoms with Gasteiger partial charge in [0, 0.05) is 30.5 Å². The Kier molecular flexibility index (Phi) is 3.17. The van der Waals surface area contributed by atoms with Crippen LogP contribution in [0, 0.1) is 5.92 Å². The van der Waals surface area contributed by atoms with Crippen molar-refractivity contribution in [2.75, 3.05) is 30.5 Å². The molecule has 1 aliphatic carbocycles. The molecule has 5 rings (SSSR count). The van der Waals surface area contributed by atoms with Gasteiger partial charge in [0.15, 0.2) is 0 Å². The first-order valence-electron chi connectivity index (χ1n) is 8.45. The lowest BCUT2D eigenvalue weighted by Crippen LogP contribution is -2.18. The molecule has 1 spiro atoms. The van der Waals surface area contributed by atoms with Gasteiger partial charge in [-0.05, 0) is 19.3 Å². The number of carbonyl (C=O) groups excluding carboxylic acids is 1. The number of nitrogens with zero attached hydrogens (tertiary/aromatic N) is 3. The molecule has 2 fully saturated rings. The SMILES string of the molecule is O=C1Nc2nc(Nc3c[nH]nc3OC[C@@H]3CCOC3)ncc2C12CC2. The van der Waals surface area contributed by atoms with Crippen LogP contribution in [0.1, 0.15) is 24.8 Å². The van der Waals surface area contributed by atoms with Crippen LogP contribution in [0.15, 0.2) is 12.4 Å². The summed E-state index contributed by atoms with van der Waals surface area (Å²) < 4.78 is 11.1. The Morgan fingerprint density at radius 1 is 1.44 bits per heavy atom. The molecule has 0 aromatic carbocycles. The van der Waals surface area contributed by atoms with Crippen molar-refractivity contribution in [2.45, 2.75) is 24.7 Å². The Labute approximate surface area is 143 Å². The first-order chi connectivity index (χ1) is 12.2. The van der Waals surface area contributed by atoms with Gasteiger partial charge in [0.25, 0.3) is 5.88 Å². The van der Waals surface area contributed by atoms with Gasteiger partial charge in [-0.25, -0.2) is 4.98 Å². The lowest BCUT2D eigenvalue weighted by molar-refractivity contribution is -0.117. The summed E-state index contributed by atoms with van der Waals surface area (Å²) in [4.78, 5) is 20.8. The largest absolute Gasteiger partial charge is 0.475 e. The third-order valence-electron chi connectivity index (χ3n) is 5.05. The van der Waals surface area contributed by atoms with Gasteiger partial charge < -0.3 is 20.1 Å². The highest BCUT2D eigenvalue weighted by Gasteiger charge is 2.57. The maximum Gasteiger partial charge on any atom is 0.256 e. The zero-order chi connectivity index (χ0) is 16.9. The average Bonchev–Trinajstić information content (AvgIpc) is 2.92. The summed E-state index contributed by atoms with van der Waals surface area (Å²) in [5, 5.41) is 12.8. The number of anilines is 3. The Morgan fingerprint density at radius 2 is 2.36 bits per heavy atom. The highest BCUT2D eigenvalue weighted by molar-refractivity contribution is 6.07. The van der Waals surface area contributed by atoms with Crippen molar-refractivity contribution in [1.29, 1.82) is 0 Å². The molecule has 130 valence electrons. The maximum atomic E-state index is 12.1. The van der Waals surface area contributed by atoms with Gasteiger partial charge in [-0.2, -0.15) is 4.98 Å². The molecular formula is C16H18N6O3. The fourth-order valence-corrected chi connectivity index (χ4v) is 3.37. The van der Waals surface area contributed by atoms with Crippen LogP contribution >= 0.6 is 0 Å². The number of H-pyrrole nitrogens is 1. The Balaban J connectivity index is 1.31. The topological polar surface area (TPSA) is 114 Å². The van der Waals surface area contributed by atoms with E-state index in [1.54, 1.807) is 12.4 Å². The zero-order valence-corrected chi connectivity index (χ0v) is 13.5. The van der Waals surface area contributed by atoms with Gasteiger partial charge in [-0.3, -0.25) is 9.89 Å². The van der Waals surface area contributed by atoms with E-state index in [0.717, 1.165) is 38.0 Å². The zero-order valence-electron chi connectivity index (χ0n) is 13.5. The fraction of sp³-hybridized carbons (Fsp3) is 0.500. The fourth-order valence-electron chi connectivity index (χ4n) is 3.37. The van der Waals surface area contributed by atoms with Gasteiger partial charge in [0.1, 0.15) is 11.5 Å². The smallest absolute Gasteiger partial charge is 0.256 e. The van der Waals surface area contributed by atoms with E-state index in [2.05, 4.69) is 30.8 Å². The summed E-state index contributed by atoms with van der Waals surface area (Å²) in [7, 11) is 0. The minimum atomic E-state index is -0.374. The molecule has 1 atom stereocenters. The lowest BCUT2D eigenvalue weighted by Gasteiger charge is -2.10. The molecule has 0 unspecified atom stereocenters. The van der Waals surface area contributed by atoms with Crippen LogP contribution in [0.5, 0.6) is 5.88 Å². The molecule has 4 heterocycles. The number of aromatic amines is 1. The lowest BCUT2D eigenvalue weighted by atomic mass is 10.0. The van der Waals surface area contributed by atoms with Gasteiger partial charge in [-0.1, -0.05) is 0 Å². The molecule has 9 nitrogen and oxygen atoms in total. The molecule has 2 aromatic heterocycles. The third kappa shape index (κ3) is 2.42. The number of aromatic nitrogens is 4. The number of ether oxygens (including phenoxy) is 2. The van der Waals surface area contributed by atoms with Gasteiger partial charge in [0.2, 0.25) is 11.9 Å². The first-order valence-corrected chi connectivity index (χ1v) is 8.45. The number of hydrogen-bond acceptors (Lipinski definition) is 7. The normalized spacial score (nSPS) is 22.7. The highest BCUT2D eigenvalue weighted by Crippen LogP contribution is 2.54. The van der Waals surface area contributed by atoms with Gasteiger partial charge >= 0.3 is 0 Å². The van der Waals surface area contributed by atoms with Crippen molar-refractivity contribution in [2.24, 2.45) is 5.92 Å². The predicted octanol–water partition coefficient (Wildman–Crippen LogP) is 1.34. The van der Waals surface area contributed by atoms with Crippen molar-refractivity contribution >= 4 is 23.4 Å². The molecule has 1 amide bonds. The average molecular weight is 342 g/mol. The number of hydrogen-bond donors (Lipinski definition) is 3. The van der Waals surface area contributed by atoms with Gasteiger partial charge in [-0.15, -0.1) is 5.10 Å². The minimum Gasteiger partial charge on any atom is -0.475 e. The van der Waals surface area contributed by atoms with Crippen LogP contribution in [0.2, 0.25) is 0 Å². The maximum absolute atomic E-state index is 12.1. The summed E-state index contributed by atoms with van der Waals surface area (Å²) in [6.07, 6.45) is 6.16. The van der Waals surface area contributed by atoms with Crippen molar-refractivity contribution in [3.05, 3.63) is 18.0 Å². The highest BCUT2D eigenvalue weighted by atomic mass is 16.5. The van der Waals surface area contributed by atoms with E-state index in [1.807, 2.05) is 0 Å². The number of rotatable bonds is 5. The van der Waals surface area contributed by atoms with E-state index in [0.29, 0.717) is 35.9 Å².